The third kappa shape index (κ3) is 8.41. The lowest BCUT2D eigenvalue weighted by Crippen LogP contribution is -2.37. The second-order valence-corrected chi connectivity index (χ2v) is 5.42. The SMILES string of the molecule is CC.CC.CC(C)C(=O)C(N)CC1CCCCC1C. The molecule has 0 bridgehead atoms. The summed E-state index contributed by atoms with van der Waals surface area (Å²) in [6.07, 6.45) is 6.15. The van der Waals surface area contributed by atoms with E-state index < -0.39 is 0 Å². The molecule has 1 aliphatic rings. The van der Waals surface area contributed by atoms with E-state index in [4.69, 9.17) is 5.73 Å². The Bertz CT molecular complexity index is 213. The summed E-state index contributed by atoms with van der Waals surface area (Å²) in [5, 5.41) is 0. The summed E-state index contributed by atoms with van der Waals surface area (Å²) < 4.78 is 0. The first-order valence-electron chi connectivity index (χ1n) is 8.31. The first kappa shape index (κ1) is 20.9. The molecular weight excluding hydrogens is 234 g/mol. The van der Waals surface area contributed by atoms with Crippen LogP contribution in [-0.2, 0) is 4.79 Å². The zero-order valence-electron chi connectivity index (χ0n) is 14.3. The summed E-state index contributed by atoms with van der Waals surface area (Å²) in [6, 6.07) is -0.226. The van der Waals surface area contributed by atoms with Crippen molar-refractivity contribution in [2.24, 2.45) is 23.5 Å². The van der Waals surface area contributed by atoms with Crippen LogP contribution < -0.4 is 5.73 Å². The zero-order valence-corrected chi connectivity index (χ0v) is 14.3. The number of nitrogens with two attached hydrogens (primary N) is 1. The molecule has 0 saturated heterocycles. The van der Waals surface area contributed by atoms with Crippen LogP contribution >= 0.6 is 0 Å². The van der Waals surface area contributed by atoms with Gasteiger partial charge in [0.15, 0.2) is 5.78 Å². The fourth-order valence-corrected chi connectivity index (χ4v) is 2.61. The first-order chi connectivity index (χ1) is 9.02. The topological polar surface area (TPSA) is 43.1 Å². The Hall–Kier alpha value is -0.370. The Morgan fingerprint density at radius 1 is 1.11 bits per heavy atom. The van der Waals surface area contributed by atoms with Crippen molar-refractivity contribution >= 4 is 5.78 Å². The van der Waals surface area contributed by atoms with Crippen LogP contribution in [-0.4, -0.2) is 11.8 Å². The summed E-state index contributed by atoms with van der Waals surface area (Å²) in [7, 11) is 0. The van der Waals surface area contributed by atoms with E-state index in [0.717, 1.165) is 12.3 Å². The van der Waals surface area contributed by atoms with Crippen molar-refractivity contribution in [3.63, 3.8) is 0 Å². The smallest absolute Gasteiger partial charge is 0.152 e. The lowest BCUT2D eigenvalue weighted by molar-refractivity contribution is -0.123. The molecule has 2 heteroatoms. The maximum absolute atomic E-state index is 11.7. The van der Waals surface area contributed by atoms with Crippen molar-refractivity contribution in [3.05, 3.63) is 0 Å². The second kappa shape index (κ2) is 12.7. The van der Waals surface area contributed by atoms with E-state index in [1.54, 1.807) is 0 Å². The van der Waals surface area contributed by atoms with Crippen LogP contribution in [0.4, 0.5) is 0 Å². The molecule has 1 rings (SSSR count). The van der Waals surface area contributed by atoms with E-state index in [9.17, 15) is 4.79 Å². The molecule has 2 nitrogen and oxygen atoms in total. The number of hydrogen-bond acceptors (Lipinski definition) is 2. The highest BCUT2D eigenvalue weighted by atomic mass is 16.1. The minimum atomic E-state index is -0.226. The molecule has 1 fully saturated rings. The standard InChI is InChI=1S/C13H25NO.2C2H6/c1-9(2)13(15)12(14)8-11-7-5-4-6-10(11)3;2*1-2/h9-12H,4-8,14H2,1-3H3;2*1-2H3. The summed E-state index contributed by atoms with van der Waals surface area (Å²) in [6.45, 7) is 14.2. The number of Topliss-reactive ketones (excluding diaryl/α,β-unsaturated/α-hetero) is 1. The third-order valence-electron chi connectivity index (χ3n) is 3.78. The molecule has 0 aromatic carbocycles. The zero-order chi connectivity index (χ0) is 15.4. The van der Waals surface area contributed by atoms with Gasteiger partial charge >= 0.3 is 0 Å². The molecule has 2 N–H and O–H groups in total. The summed E-state index contributed by atoms with van der Waals surface area (Å²) >= 11 is 0. The number of carbonyl (C=O) groups is 1. The van der Waals surface area contributed by atoms with E-state index in [-0.39, 0.29) is 17.7 Å². The molecule has 1 saturated carbocycles. The first-order valence-corrected chi connectivity index (χ1v) is 8.31. The van der Waals surface area contributed by atoms with Gasteiger partial charge in [0.2, 0.25) is 0 Å². The number of carbonyl (C=O) groups excluding carboxylic acids is 1. The lowest BCUT2D eigenvalue weighted by Gasteiger charge is -2.30. The van der Waals surface area contributed by atoms with Gasteiger partial charge in [-0.05, 0) is 18.3 Å². The average molecular weight is 271 g/mol. The van der Waals surface area contributed by atoms with E-state index >= 15 is 0 Å². The van der Waals surface area contributed by atoms with Gasteiger partial charge in [-0.3, -0.25) is 4.79 Å². The van der Waals surface area contributed by atoms with Crippen LogP contribution in [0.1, 0.15) is 80.6 Å². The van der Waals surface area contributed by atoms with E-state index in [0.29, 0.717) is 5.92 Å². The van der Waals surface area contributed by atoms with Crippen LogP contribution in [0, 0.1) is 17.8 Å². The molecule has 116 valence electrons. The van der Waals surface area contributed by atoms with Gasteiger partial charge in [0, 0.05) is 5.92 Å². The number of hydrogen-bond donors (Lipinski definition) is 1. The largest absolute Gasteiger partial charge is 0.321 e. The summed E-state index contributed by atoms with van der Waals surface area (Å²) in [4.78, 5) is 11.7. The fourth-order valence-electron chi connectivity index (χ4n) is 2.61. The fraction of sp³-hybridized carbons (Fsp3) is 0.941. The van der Waals surface area contributed by atoms with Crippen LogP contribution in [0.2, 0.25) is 0 Å². The molecular formula is C17H37NO. The molecule has 3 atom stereocenters. The minimum Gasteiger partial charge on any atom is -0.321 e. The van der Waals surface area contributed by atoms with Gasteiger partial charge in [-0.1, -0.05) is 74.1 Å². The molecule has 0 radical (unpaired) electrons. The van der Waals surface area contributed by atoms with Gasteiger partial charge in [-0.15, -0.1) is 0 Å². The van der Waals surface area contributed by atoms with E-state index in [1.807, 2.05) is 41.5 Å². The molecule has 0 spiro atoms. The van der Waals surface area contributed by atoms with Crippen molar-refractivity contribution < 1.29 is 4.79 Å². The normalized spacial score (nSPS) is 23.6. The van der Waals surface area contributed by atoms with Gasteiger partial charge in [0.1, 0.15) is 0 Å². The Kier molecular flexibility index (Phi) is 13.9. The minimum absolute atomic E-state index is 0.0823. The molecule has 3 unspecified atom stereocenters. The van der Waals surface area contributed by atoms with Crippen LogP contribution in [0.3, 0.4) is 0 Å². The molecule has 1 aliphatic carbocycles. The van der Waals surface area contributed by atoms with Crippen molar-refractivity contribution in [3.8, 4) is 0 Å². The maximum Gasteiger partial charge on any atom is 0.152 e. The summed E-state index contributed by atoms with van der Waals surface area (Å²) in [5.41, 5.74) is 5.96. The van der Waals surface area contributed by atoms with Crippen molar-refractivity contribution in [2.45, 2.75) is 86.6 Å². The molecule has 0 aromatic heterocycles. The van der Waals surface area contributed by atoms with Crippen LogP contribution in [0.25, 0.3) is 0 Å². The molecule has 0 heterocycles. The molecule has 19 heavy (non-hydrogen) atoms. The monoisotopic (exact) mass is 271 g/mol. The Balaban J connectivity index is 0. The highest BCUT2D eigenvalue weighted by molar-refractivity contribution is 5.85. The highest BCUT2D eigenvalue weighted by Crippen LogP contribution is 2.32. The molecule has 0 aliphatic heterocycles. The number of ketones is 1. The predicted molar refractivity (Wildman–Crippen MR) is 86.3 cm³/mol. The highest BCUT2D eigenvalue weighted by Gasteiger charge is 2.26. The second-order valence-electron chi connectivity index (χ2n) is 5.42. The van der Waals surface area contributed by atoms with Gasteiger partial charge < -0.3 is 5.73 Å². The van der Waals surface area contributed by atoms with Crippen molar-refractivity contribution in [2.75, 3.05) is 0 Å². The predicted octanol–water partition coefficient (Wildman–Crippen LogP) is 4.81. The van der Waals surface area contributed by atoms with Crippen LogP contribution in [0.15, 0.2) is 0 Å². The molecule has 0 aromatic rings. The van der Waals surface area contributed by atoms with Crippen molar-refractivity contribution in [1.29, 1.82) is 0 Å². The van der Waals surface area contributed by atoms with Gasteiger partial charge in [-0.2, -0.15) is 0 Å². The van der Waals surface area contributed by atoms with Crippen LogP contribution in [0.5, 0.6) is 0 Å². The quantitative estimate of drug-likeness (QED) is 0.797. The van der Waals surface area contributed by atoms with E-state index in [1.165, 1.54) is 25.7 Å². The van der Waals surface area contributed by atoms with Gasteiger partial charge in [0.25, 0.3) is 0 Å². The van der Waals surface area contributed by atoms with E-state index in [2.05, 4.69) is 6.92 Å². The Morgan fingerprint density at radius 3 is 2.00 bits per heavy atom. The Morgan fingerprint density at radius 2 is 1.58 bits per heavy atom. The number of rotatable bonds is 4. The summed E-state index contributed by atoms with van der Waals surface area (Å²) in [5.74, 6) is 1.74. The lowest BCUT2D eigenvalue weighted by atomic mass is 9.76. The average Bonchev–Trinajstić information content (AvgIpc) is 2.44. The maximum atomic E-state index is 11.7. The van der Waals surface area contributed by atoms with Gasteiger partial charge in [0.05, 0.1) is 6.04 Å². The molecule has 0 amide bonds. The van der Waals surface area contributed by atoms with Gasteiger partial charge in [-0.25, -0.2) is 0 Å². The third-order valence-corrected chi connectivity index (χ3v) is 3.78. The Labute approximate surface area is 121 Å². The van der Waals surface area contributed by atoms with Crippen molar-refractivity contribution in [1.82, 2.24) is 0 Å².